The van der Waals surface area contributed by atoms with Crippen molar-refractivity contribution in [3.63, 3.8) is 0 Å². The molecular formula is C19H17N5O2S4. The van der Waals surface area contributed by atoms with E-state index in [4.69, 9.17) is 22.7 Å². The zero-order valence-corrected chi connectivity index (χ0v) is 19.4. The van der Waals surface area contributed by atoms with Gasteiger partial charge in [0.2, 0.25) is 0 Å². The minimum absolute atomic E-state index is 0.317. The summed E-state index contributed by atoms with van der Waals surface area (Å²) in [5.41, 5.74) is 7.86. The summed E-state index contributed by atoms with van der Waals surface area (Å²) in [6.45, 7) is 3.93. The van der Waals surface area contributed by atoms with Crippen molar-refractivity contribution < 1.29 is 9.53 Å². The molecule has 0 atom stereocenters. The minimum Gasteiger partial charge on any atom is -0.462 e. The number of anilines is 1. The SMILES string of the molecule is CCOC(=O)c1sc2nc(CSc3nn(-c4ccccc4)c(=S)s3)nc(N)c2c1C. The second kappa shape index (κ2) is 8.80. The quantitative estimate of drug-likeness (QED) is 0.236. The molecule has 0 aliphatic carbocycles. The lowest BCUT2D eigenvalue weighted by Crippen LogP contribution is -2.04. The summed E-state index contributed by atoms with van der Waals surface area (Å²) in [5, 5.41) is 5.30. The van der Waals surface area contributed by atoms with Crippen LogP contribution in [0.4, 0.5) is 5.82 Å². The van der Waals surface area contributed by atoms with Crippen LogP contribution in [0.15, 0.2) is 34.7 Å². The molecule has 0 saturated heterocycles. The first kappa shape index (κ1) is 20.9. The Morgan fingerprint density at radius 2 is 2.03 bits per heavy atom. The molecule has 0 saturated carbocycles. The number of esters is 1. The van der Waals surface area contributed by atoms with Crippen molar-refractivity contribution in [3.05, 3.63) is 50.6 Å². The van der Waals surface area contributed by atoms with E-state index in [1.165, 1.54) is 34.4 Å². The second-order valence-electron chi connectivity index (χ2n) is 6.15. The Balaban J connectivity index is 1.58. The first-order valence-corrected chi connectivity index (χ1v) is 12.0. The maximum absolute atomic E-state index is 12.2. The number of thiophene rings is 1. The van der Waals surface area contributed by atoms with E-state index in [1.54, 1.807) is 11.6 Å². The molecule has 0 aliphatic rings. The predicted molar refractivity (Wildman–Crippen MR) is 124 cm³/mol. The number of hydrogen-bond donors (Lipinski definition) is 1. The number of para-hydroxylation sites is 1. The summed E-state index contributed by atoms with van der Waals surface area (Å²) < 4.78 is 8.36. The van der Waals surface area contributed by atoms with Crippen molar-refractivity contribution in [2.45, 2.75) is 23.9 Å². The highest BCUT2D eigenvalue weighted by atomic mass is 32.2. The van der Waals surface area contributed by atoms with Gasteiger partial charge in [0, 0.05) is 0 Å². The van der Waals surface area contributed by atoms with E-state index in [9.17, 15) is 4.79 Å². The number of carbonyl (C=O) groups excluding carboxylic acids is 1. The molecule has 0 spiro atoms. The van der Waals surface area contributed by atoms with Gasteiger partial charge in [-0.2, -0.15) is 0 Å². The molecule has 0 amide bonds. The van der Waals surface area contributed by atoms with Crippen LogP contribution in [0.5, 0.6) is 0 Å². The third-order valence-corrected chi connectivity index (χ3v) is 7.71. The Morgan fingerprint density at radius 1 is 1.27 bits per heavy atom. The first-order valence-electron chi connectivity index (χ1n) is 8.99. The van der Waals surface area contributed by atoms with Gasteiger partial charge in [0.15, 0.2) is 8.29 Å². The van der Waals surface area contributed by atoms with Gasteiger partial charge in [-0.15, -0.1) is 16.4 Å². The fourth-order valence-electron chi connectivity index (χ4n) is 2.85. The third-order valence-electron chi connectivity index (χ3n) is 4.18. The lowest BCUT2D eigenvalue weighted by molar-refractivity contribution is 0.0531. The number of aromatic nitrogens is 4. The van der Waals surface area contributed by atoms with E-state index in [0.29, 0.717) is 43.1 Å². The number of thioether (sulfide) groups is 1. The van der Waals surface area contributed by atoms with Gasteiger partial charge < -0.3 is 10.5 Å². The Hall–Kier alpha value is -2.34. The highest BCUT2D eigenvalue weighted by Crippen LogP contribution is 2.34. The number of nitrogens with two attached hydrogens (primary N) is 1. The van der Waals surface area contributed by atoms with E-state index in [1.807, 2.05) is 37.3 Å². The number of benzene rings is 1. The molecule has 0 radical (unpaired) electrons. The molecule has 154 valence electrons. The predicted octanol–water partition coefficient (Wildman–Crippen LogP) is 5.03. The van der Waals surface area contributed by atoms with Crippen molar-refractivity contribution in [3.8, 4) is 5.69 Å². The molecule has 0 aliphatic heterocycles. The molecule has 30 heavy (non-hydrogen) atoms. The van der Waals surface area contributed by atoms with Gasteiger partial charge in [-0.3, -0.25) is 0 Å². The summed E-state index contributed by atoms with van der Waals surface area (Å²) in [4.78, 5) is 22.4. The van der Waals surface area contributed by atoms with Crippen LogP contribution in [0, 0.1) is 10.9 Å². The van der Waals surface area contributed by atoms with E-state index in [2.05, 4.69) is 15.1 Å². The third kappa shape index (κ3) is 4.10. The van der Waals surface area contributed by atoms with Gasteiger partial charge in [-0.25, -0.2) is 19.4 Å². The molecule has 1 aromatic carbocycles. The average molecular weight is 476 g/mol. The Labute approximate surface area is 189 Å². The van der Waals surface area contributed by atoms with Gasteiger partial charge in [0.25, 0.3) is 0 Å². The largest absolute Gasteiger partial charge is 0.462 e. The van der Waals surface area contributed by atoms with Crippen LogP contribution in [0.25, 0.3) is 15.9 Å². The summed E-state index contributed by atoms with van der Waals surface area (Å²) in [5.74, 6) is 1.07. The Bertz CT molecular complexity index is 1280. The minimum atomic E-state index is -0.362. The summed E-state index contributed by atoms with van der Waals surface area (Å²) in [7, 11) is 0. The Kier molecular flexibility index (Phi) is 6.14. The van der Waals surface area contributed by atoms with Gasteiger partial charge in [-0.05, 0) is 43.8 Å². The number of rotatable bonds is 6. The highest BCUT2D eigenvalue weighted by Gasteiger charge is 2.20. The van der Waals surface area contributed by atoms with Crippen molar-refractivity contribution in [2.75, 3.05) is 12.3 Å². The van der Waals surface area contributed by atoms with Gasteiger partial charge in [-0.1, -0.05) is 41.3 Å². The van der Waals surface area contributed by atoms with E-state index >= 15 is 0 Å². The maximum Gasteiger partial charge on any atom is 0.348 e. The van der Waals surface area contributed by atoms with E-state index in [-0.39, 0.29) is 5.97 Å². The topological polar surface area (TPSA) is 95.9 Å². The smallest absolute Gasteiger partial charge is 0.348 e. The molecule has 0 bridgehead atoms. The average Bonchev–Trinajstić information content (AvgIpc) is 3.27. The molecule has 11 heteroatoms. The zero-order chi connectivity index (χ0) is 21.3. The van der Waals surface area contributed by atoms with E-state index < -0.39 is 0 Å². The number of nitrogens with zero attached hydrogens (tertiary/aromatic N) is 4. The lowest BCUT2D eigenvalue weighted by Gasteiger charge is -2.02. The molecule has 3 aromatic heterocycles. The summed E-state index contributed by atoms with van der Waals surface area (Å²) in [6, 6.07) is 9.77. The van der Waals surface area contributed by atoms with Crippen LogP contribution in [-0.2, 0) is 10.5 Å². The first-order chi connectivity index (χ1) is 14.5. The fraction of sp³-hybridized carbons (Fsp3) is 0.211. The lowest BCUT2D eigenvalue weighted by atomic mass is 10.2. The molecule has 0 unspecified atom stereocenters. The highest BCUT2D eigenvalue weighted by molar-refractivity contribution is 8.00. The zero-order valence-electron chi connectivity index (χ0n) is 16.1. The number of carbonyl (C=O) groups is 1. The maximum atomic E-state index is 12.2. The number of aryl methyl sites for hydroxylation is 1. The van der Waals surface area contributed by atoms with E-state index in [0.717, 1.165) is 15.6 Å². The summed E-state index contributed by atoms with van der Waals surface area (Å²) >= 11 is 9.66. The molecule has 4 rings (SSSR count). The van der Waals surface area contributed by atoms with Crippen LogP contribution in [0.2, 0.25) is 0 Å². The number of ether oxygens (including phenoxy) is 1. The summed E-state index contributed by atoms with van der Waals surface area (Å²) in [6.07, 6.45) is 0. The van der Waals surface area contributed by atoms with Crippen LogP contribution in [0.1, 0.15) is 28.0 Å². The molecule has 3 heterocycles. The van der Waals surface area contributed by atoms with Gasteiger partial charge in [0.05, 0.1) is 23.4 Å². The number of hydrogen-bond acceptors (Lipinski definition) is 10. The normalized spacial score (nSPS) is 11.1. The van der Waals surface area contributed by atoms with Crippen LogP contribution in [0.3, 0.4) is 0 Å². The molecular weight excluding hydrogens is 459 g/mol. The molecule has 2 N–H and O–H groups in total. The fourth-order valence-corrected chi connectivity index (χ4v) is 6.17. The van der Waals surface area contributed by atoms with Crippen LogP contribution in [-0.4, -0.2) is 32.3 Å². The molecule has 7 nitrogen and oxygen atoms in total. The van der Waals surface area contributed by atoms with Crippen LogP contribution < -0.4 is 5.73 Å². The standard InChI is InChI=1S/C19H17N5O2S4/c1-3-26-17(25)14-10(2)13-15(20)21-12(22-16(13)29-14)9-28-18-23-24(19(27)30-18)11-7-5-4-6-8-11/h4-8H,3,9H2,1-2H3,(H2,20,21,22). The van der Waals surface area contributed by atoms with Crippen molar-refractivity contribution in [1.29, 1.82) is 0 Å². The number of fused-ring (bicyclic) bond motifs is 1. The second-order valence-corrected chi connectivity index (χ2v) is 10.00. The Morgan fingerprint density at radius 3 is 2.77 bits per heavy atom. The van der Waals surface area contributed by atoms with Crippen LogP contribution >= 0.6 is 46.7 Å². The molecule has 4 aromatic rings. The van der Waals surface area contributed by atoms with Crippen molar-refractivity contribution >= 4 is 68.7 Å². The van der Waals surface area contributed by atoms with Gasteiger partial charge >= 0.3 is 5.97 Å². The van der Waals surface area contributed by atoms with Crippen molar-refractivity contribution in [2.24, 2.45) is 0 Å². The van der Waals surface area contributed by atoms with Crippen molar-refractivity contribution in [1.82, 2.24) is 19.7 Å². The molecule has 0 fully saturated rings. The number of nitrogen functional groups attached to an aromatic ring is 1. The van der Waals surface area contributed by atoms with Gasteiger partial charge in [0.1, 0.15) is 21.3 Å². The monoisotopic (exact) mass is 475 g/mol.